The van der Waals surface area contributed by atoms with E-state index >= 15 is 0 Å². The Labute approximate surface area is 135 Å². The van der Waals surface area contributed by atoms with Crippen LogP contribution in [0.2, 0.25) is 0 Å². The number of allylic oxidation sites excluding steroid dienone is 2. The lowest BCUT2D eigenvalue weighted by atomic mass is 10.1. The van der Waals surface area contributed by atoms with Gasteiger partial charge >= 0.3 is 0 Å². The summed E-state index contributed by atoms with van der Waals surface area (Å²) in [7, 11) is 1.74. The van der Waals surface area contributed by atoms with E-state index in [1.165, 1.54) is 0 Å². The lowest BCUT2D eigenvalue weighted by Gasteiger charge is -2.23. The maximum atomic E-state index is 12.2. The molecule has 1 amide bonds. The number of amides is 1. The molecule has 4 nitrogen and oxygen atoms in total. The molecule has 0 fully saturated rings. The third kappa shape index (κ3) is 5.80. The van der Waals surface area contributed by atoms with E-state index in [-0.39, 0.29) is 11.8 Å². The number of hydrogen-bond acceptors (Lipinski definition) is 3. The van der Waals surface area contributed by atoms with Crippen molar-refractivity contribution in [3.8, 4) is 0 Å². The quantitative estimate of drug-likeness (QED) is 0.774. The molecule has 0 aliphatic rings. The van der Waals surface area contributed by atoms with Gasteiger partial charge in [0.1, 0.15) is 0 Å². The molecular weight excluding hydrogens is 274 g/mol. The fourth-order valence-corrected chi connectivity index (χ4v) is 1.96. The second kappa shape index (κ2) is 10.7. The highest BCUT2D eigenvalue weighted by Crippen LogP contribution is 2.11. The summed E-state index contributed by atoms with van der Waals surface area (Å²) < 4.78 is 0. The van der Waals surface area contributed by atoms with Crippen molar-refractivity contribution in [1.82, 2.24) is 9.88 Å². The fraction of sp³-hybridized carbons (Fsp3) is 0.500. The van der Waals surface area contributed by atoms with Crippen LogP contribution >= 0.6 is 0 Å². The van der Waals surface area contributed by atoms with E-state index in [2.05, 4.69) is 9.98 Å². The molecule has 1 aromatic rings. The van der Waals surface area contributed by atoms with Gasteiger partial charge in [-0.15, -0.1) is 0 Å². The molecule has 22 heavy (non-hydrogen) atoms. The Hall–Kier alpha value is -1.97. The molecule has 0 aliphatic heterocycles. The standard InChI is InChI=1S/C16H23N3O.C2H6/c1-6-19(16(20)12(2)3)13(4)10-15(17-5)14-8-7-9-18-11-14;1-2/h7-12H,6H2,1-5H3;1-2H3/b13-10+,17-15?;. The van der Waals surface area contributed by atoms with Crippen LogP contribution in [-0.4, -0.2) is 35.1 Å². The smallest absolute Gasteiger partial charge is 0.229 e. The first kappa shape index (κ1) is 20.0. The normalized spacial score (nSPS) is 11.8. The van der Waals surface area contributed by atoms with Crippen LogP contribution in [0.5, 0.6) is 0 Å². The van der Waals surface area contributed by atoms with Crippen molar-refractivity contribution in [2.45, 2.75) is 41.5 Å². The van der Waals surface area contributed by atoms with Crippen LogP contribution in [0.25, 0.3) is 0 Å². The zero-order valence-electron chi connectivity index (χ0n) is 14.9. The van der Waals surface area contributed by atoms with E-state index in [1.807, 2.05) is 59.8 Å². The van der Waals surface area contributed by atoms with Crippen molar-refractivity contribution >= 4 is 11.6 Å². The first-order chi connectivity index (χ1) is 10.5. The first-order valence-electron chi connectivity index (χ1n) is 7.88. The molecule has 0 N–H and O–H groups in total. The summed E-state index contributed by atoms with van der Waals surface area (Å²) in [6, 6.07) is 3.83. The Bertz CT molecular complexity index is 504. The summed E-state index contributed by atoms with van der Waals surface area (Å²) in [5.41, 5.74) is 2.67. The molecule has 0 unspecified atom stereocenters. The number of nitrogens with zero attached hydrogens (tertiary/aromatic N) is 3. The van der Waals surface area contributed by atoms with Gasteiger partial charge < -0.3 is 4.90 Å². The maximum absolute atomic E-state index is 12.2. The zero-order chi connectivity index (χ0) is 17.1. The van der Waals surface area contributed by atoms with E-state index < -0.39 is 0 Å². The van der Waals surface area contributed by atoms with Crippen molar-refractivity contribution in [2.75, 3.05) is 13.6 Å². The SMILES string of the molecule is CC.CCN(C(=O)C(C)C)/C(C)=C/C(=NC)c1cccnc1. The van der Waals surface area contributed by atoms with Gasteiger partial charge in [0.2, 0.25) is 5.91 Å². The molecule has 4 heteroatoms. The van der Waals surface area contributed by atoms with Crippen molar-refractivity contribution < 1.29 is 4.79 Å². The van der Waals surface area contributed by atoms with Crippen LogP contribution in [0, 0.1) is 5.92 Å². The monoisotopic (exact) mass is 303 g/mol. The van der Waals surface area contributed by atoms with Crippen molar-refractivity contribution in [2.24, 2.45) is 10.9 Å². The number of rotatable bonds is 5. The van der Waals surface area contributed by atoms with Crippen LogP contribution in [0.15, 0.2) is 41.3 Å². The lowest BCUT2D eigenvalue weighted by Crippen LogP contribution is -2.32. The highest BCUT2D eigenvalue weighted by atomic mass is 16.2. The number of aliphatic imine (C=N–C) groups is 1. The number of pyridine rings is 1. The minimum absolute atomic E-state index is 0.0151. The van der Waals surface area contributed by atoms with Gasteiger partial charge in [0.05, 0.1) is 5.71 Å². The average Bonchev–Trinajstić information content (AvgIpc) is 2.55. The van der Waals surface area contributed by atoms with Gasteiger partial charge in [-0.1, -0.05) is 27.7 Å². The topological polar surface area (TPSA) is 45.6 Å². The third-order valence-electron chi connectivity index (χ3n) is 3.05. The Morgan fingerprint density at radius 1 is 1.41 bits per heavy atom. The van der Waals surface area contributed by atoms with E-state index in [1.54, 1.807) is 24.3 Å². The van der Waals surface area contributed by atoms with Gasteiger partial charge in [0, 0.05) is 43.2 Å². The number of carbonyl (C=O) groups is 1. The van der Waals surface area contributed by atoms with Crippen LogP contribution in [0.1, 0.15) is 47.1 Å². The molecule has 1 rings (SSSR count). The van der Waals surface area contributed by atoms with Gasteiger partial charge in [-0.05, 0) is 32.1 Å². The Morgan fingerprint density at radius 3 is 2.45 bits per heavy atom. The van der Waals surface area contributed by atoms with Gasteiger partial charge in [-0.2, -0.15) is 0 Å². The zero-order valence-corrected chi connectivity index (χ0v) is 14.9. The number of hydrogen-bond donors (Lipinski definition) is 0. The summed E-state index contributed by atoms with van der Waals surface area (Å²) in [6.45, 7) is 12.4. The predicted molar refractivity (Wildman–Crippen MR) is 94.0 cm³/mol. The molecule has 122 valence electrons. The van der Waals surface area contributed by atoms with Crippen molar-refractivity contribution in [3.05, 3.63) is 41.9 Å². The van der Waals surface area contributed by atoms with E-state index in [4.69, 9.17) is 0 Å². The third-order valence-corrected chi connectivity index (χ3v) is 3.05. The van der Waals surface area contributed by atoms with Crippen LogP contribution < -0.4 is 0 Å². The molecule has 0 aromatic carbocycles. The van der Waals surface area contributed by atoms with Crippen LogP contribution in [-0.2, 0) is 4.79 Å². The van der Waals surface area contributed by atoms with E-state index in [0.717, 1.165) is 17.0 Å². The minimum Gasteiger partial charge on any atom is -0.316 e. The molecule has 0 saturated carbocycles. The second-order valence-electron chi connectivity index (χ2n) is 4.87. The second-order valence-corrected chi connectivity index (χ2v) is 4.87. The minimum atomic E-state index is -0.0151. The Kier molecular flexibility index (Phi) is 9.75. The summed E-state index contributed by atoms with van der Waals surface area (Å²) >= 11 is 0. The summed E-state index contributed by atoms with van der Waals surface area (Å²) in [4.78, 5) is 22.3. The van der Waals surface area contributed by atoms with Gasteiger partial charge in [0.25, 0.3) is 0 Å². The molecule has 1 heterocycles. The predicted octanol–water partition coefficient (Wildman–Crippen LogP) is 3.94. The summed E-state index contributed by atoms with van der Waals surface area (Å²) in [5.74, 6) is 0.113. The van der Waals surface area contributed by atoms with Crippen LogP contribution in [0.3, 0.4) is 0 Å². The van der Waals surface area contributed by atoms with Gasteiger partial charge in [-0.25, -0.2) is 0 Å². The molecule has 0 radical (unpaired) electrons. The van der Waals surface area contributed by atoms with Crippen molar-refractivity contribution in [1.29, 1.82) is 0 Å². The molecule has 0 atom stereocenters. The number of aromatic nitrogens is 1. The molecule has 0 saturated heterocycles. The Morgan fingerprint density at radius 2 is 2.05 bits per heavy atom. The summed E-state index contributed by atoms with van der Waals surface area (Å²) in [6.07, 6.45) is 5.43. The maximum Gasteiger partial charge on any atom is 0.229 e. The number of carbonyl (C=O) groups excluding carboxylic acids is 1. The molecule has 0 bridgehead atoms. The largest absolute Gasteiger partial charge is 0.316 e. The average molecular weight is 303 g/mol. The van der Waals surface area contributed by atoms with E-state index in [0.29, 0.717) is 6.54 Å². The summed E-state index contributed by atoms with van der Waals surface area (Å²) in [5, 5.41) is 0. The fourth-order valence-electron chi connectivity index (χ4n) is 1.96. The first-order valence-corrected chi connectivity index (χ1v) is 7.88. The Balaban J connectivity index is 0.00000211. The van der Waals surface area contributed by atoms with Gasteiger partial charge in [0.15, 0.2) is 0 Å². The van der Waals surface area contributed by atoms with Gasteiger partial charge in [-0.3, -0.25) is 14.8 Å². The molecule has 0 aliphatic carbocycles. The van der Waals surface area contributed by atoms with Crippen LogP contribution in [0.4, 0.5) is 0 Å². The van der Waals surface area contributed by atoms with Crippen molar-refractivity contribution in [3.63, 3.8) is 0 Å². The molecular formula is C18H29N3O. The highest BCUT2D eigenvalue weighted by Gasteiger charge is 2.17. The molecule has 0 spiro atoms. The molecule has 1 aromatic heterocycles. The highest BCUT2D eigenvalue weighted by molar-refractivity contribution is 6.09. The lowest BCUT2D eigenvalue weighted by molar-refractivity contribution is -0.132. The van der Waals surface area contributed by atoms with E-state index in [9.17, 15) is 4.79 Å².